The number of hydrogen-bond donors (Lipinski definition) is 1. The molecule has 1 N–H and O–H groups in total. The van der Waals surface area contributed by atoms with Crippen molar-refractivity contribution in [2.45, 2.75) is 19.9 Å². The minimum atomic E-state index is -0.257. The second kappa shape index (κ2) is 9.30. The number of ether oxygens (including phenoxy) is 1. The van der Waals surface area contributed by atoms with Gasteiger partial charge in [0.2, 0.25) is 0 Å². The fourth-order valence-corrected chi connectivity index (χ4v) is 2.54. The highest BCUT2D eigenvalue weighted by atomic mass is 35.5. The molecule has 0 aliphatic carbocycles. The van der Waals surface area contributed by atoms with Gasteiger partial charge in [0.15, 0.2) is 5.11 Å². The van der Waals surface area contributed by atoms with E-state index in [1.165, 1.54) is 0 Å². The summed E-state index contributed by atoms with van der Waals surface area (Å²) in [4.78, 5) is 13.5. The summed E-state index contributed by atoms with van der Waals surface area (Å²) in [5.41, 5.74) is 0.785. The van der Waals surface area contributed by atoms with Crippen molar-refractivity contribution in [3.8, 4) is 0 Å². The number of benzene rings is 1. The Labute approximate surface area is 151 Å². The minimum absolute atomic E-state index is 0.242. The van der Waals surface area contributed by atoms with Gasteiger partial charge in [-0.1, -0.05) is 17.7 Å². The van der Waals surface area contributed by atoms with Crippen LogP contribution >= 0.6 is 23.8 Å². The average molecular weight is 367 g/mol. The number of carbonyl (C=O) groups excluding carboxylic acids is 1. The third-order valence-electron chi connectivity index (χ3n) is 3.18. The number of halogens is 1. The van der Waals surface area contributed by atoms with Gasteiger partial charge in [-0.05, 0) is 49.5 Å². The van der Waals surface area contributed by atoms with E-state index in [0.717, 1.165) is 11.4 Å². The van der Waals surface area contributed by atoms with Crippen molar-refractivity contribution in [1.82, 2.24) is 4.90 Å². The van der Waals surface area contributed by atoms with Crippen molar-refractivity contribution < 1.29 is 13.9 Å². The largest absolute Gasteiger partial charge is 0.467 e. The zero-order valence-electron chi connectivity index (χ0n) is 13.3. The van der Waals surface area contributed by atoms with Crippen LogP contribution in [0.5, 0.6) is 0 Å². The second-order valence-corrected chi connectivity index (χ2v) is 5.82. The van der Waals surface area contributed by atoms with Gasteiger partial charge in [-0.3, -0.25) is 4.79 Å². The van der Waals surface area contributed by atoms with Gasteiger partial charge in [0.1, 0.15) is 5.76 Å². The minimum Gasteiger partial charge on any atom is -0.467 e. The Hall–Kier alpha value is -2.05. The van der Waals surface area contributed by atoms with Crippen molar-refractivity contribution in [2.24, 2.45) is 0 Å². The van der Waals surface area contributed by atoms with Gasteiger partial charge in [-0.15, -0.1) is 0 Å². The summed E-state index contributed by atoms with van der Waals surface area (Å²) in [6.07, 6.45) is 1.85. The van der Waals surface area contributed by atoms with Gasteiger partial charge in [-0.25, -0.2) is 0 Å². The monoisotopic (exact) mass is 366 g/mol. The lowest BCUT2D eigenvalue weighted by Gasteiger charge is -2.24. The van der Waals surface area contributed by atoms with Crippen molar-refractivity contribution in [1.29, 1.82) is 0 Å². The number of esters is 1. The number of hydrogen-bond acceptors (Lipinski definition) is 4. The molecule has 0 radical (unpaired) electrons. The first kappa shape index (κ1) is 18.3. The molecule has 128 valence electrons. The van der Waals surface area contributed by atoms with Crippen molar-refractivity contribution in [2.75, 3.05) is 18.5 Å². The maximum atomic E-state index is 11.6. The Morgan fingerprint density at radius 2 is 2.21 bits per heavy atom. The zero-order chi connectivity index (χ0) is 17.4. The van der Waals surface area contributed by atoms with E-state index in [2.05, 4.69) is 5.32 Å². The number of nitrogens with one attached hydrogen (secondary N) is 1. The van der Waals surface area contributed by atoms with E-state index in [0.29, 0.717) is 29.8 Å². The van der Waals surface area contributed by atoms with E-state index in [4.69, 9.17) is 33.0 Å². The van der Waals surface area contributed by atoms with Crippen LogP contribution in [0.2, 0.25) is 5.02 Å². The summed E-state index contributed by atoms with van der Waals surface area (Å²) < 4.78 is 10.3. The maximum absolute atomic E-state index is 11.6. The standard InChI is InChI=1S/C17H19ClN2O3S/c1-2-22-16(21)8-9-20(12-15-7-4-10-23-15)17(24)19-14-6-3-5-13(18)11-14/h3-7,10-11H,2,8-9,12H2,1H3,(H,19,24). The molecule has 7 heteroatoms. The molecule has 0 saturated carbocycles. The highest BCUT2D eigenvalue weighted by molar-refractivity contribution is 7.80. The van der Waals surface area contributed by atoms with Crippen LogP contribution in [0.25, 0.3) is 0 Å². The number of furan rings is 1. The van der Waals surface area contributed by atoms with Crippen LogP contribution < -0.4 is 5.32 Å². The Morgan fingerprint density at radius 1 is 1.38 bits per heavy atom. The molecule has 0 spiro atoms. The molecule has 5 nitrogen and oxygen atoms in total. The molecular weight excluding hydrogens is 348 g/mol. The summed E-state index contributed by atoms with van der Waals surface area (Å²) >= 11 is 11.5. The smallest absolute Gasteiger partial charge is 0.307 e. The number of rotatable bonds is 7. The molecule has 0 aliphatic rings. The van der Waals surface area contributed by atoms with Crippen LogP contribution in [0.15, 0.2) is 47.1 Å². The van der Waals surface area contributed by atoms with E-state index in [9.17, 15) is 4.79 Å². The molecule has 0 fully saturated rings. The molecule has 1 aromatic carbocycles. The topological polar surface area (TPSA) is 54.7 Å². The lowest BCUT2D eigenvalue weighted by molar-refractivity contribution is -0.143. The predicted octanol–water partition coefficient (Wildman–Crippen LogP) is 4.09. The maximum Gasteiger partial charge on any atom is 0.307 e. The molecule has 1 aromatic heterocycles. The van der Waals surface area contributed by atoms with Crippen LogP contribution in [0.4, 0.5) is 5.69 Å². The van der Waals surface area contributed by atoms with Crippen molar-refractivity contribution in [3.63, 3.8) is 0 Å². The molecule has 0 unspecified atom stereocenters. The predicted molar refractivity (Wildman–Crippen MR) is 98.0 cm³/mol. The molecule has 0 atom stereocenters. The number of carbonyl (C=O) groups is 1. The van der Waals surface area contributed by atoms with Crippen molar-refractivity contribution >= 4 is 40.6 Å². The van der Waals surface area contributed by atoms with Gasteiger partial charge in [0, 0.05) is 17.3 Å². The van der Waals surface area contributed by atoms with Crippen LogP contribution in [0.3, 0.4) is 0 Å². The quantitative estimate of drug-likeness (QED) is 0.588. The van der Waals surface area contributed by atoms with Gasteiger partial charge in [0.25, 0.3) is 0 Å². The van der Waals surface area contributed by atoms with Gasteiger partial charge in [-0.2, -0.15) is 0 Å². The molecule has 2 rings (SSSR count). The number of anilines is 1. The Bertz CT molecular complexity index is 676. The molecule has 2 aromatic rings. The van der Waals surface area contributed by atoms with E-state index >= 15 is 0 Å². The summed E-state index contributed by atoms with van der Waals surface area (Å²) in [6.45, 7) is 3.02. The molecule has 0 amide bonds. The fourth-order valence-electron chi connectivity index (χ4n) is 2.07. The van der Waals surface area contributed by atoms with Crippen LogP contribution in [0, 0.1) is 0 Å². The van der Waals surface area contributed by atoms with E-state index in [-0.39, 0.29) is 12.4 Å². The molecule has 0 saturated heterocycles. The average Bonchev–Trinajstić information content (AvgIpc) is 3.04. The van der Waals surface area contributed by atoms with E-state index in [1.807, 2.05) is 29.2 Å². The van der Waals surface area contributed by atoms with E-state index in [1.54, 1.807) is 25.3 Å². The molecule has 24 heavy (non-hydrogen) atoms. The Kier molecular flexibility index (Phi) is 7.08. The van der Waals surface area contributed by atoms with Crippen LogP contribution in [0.1, 0.15) is 19.1 Å². The highest BCUT2D eigenvalue weighted by Crippen LogP contribution is 2.16. The Morgan fingerprint density at radius 3 is 2.88 bits per heavy atom. The first-order valence-electron chi connectivity index (χ1n) is 7.58. The highest BCUT2D eigenvalue weighted by Gasteiger charge is 2.14. The number of nitrogens with zero attached hydrogens (tertiary/aromatic N) is 1. The van der Waals surface area contributed by atoms with Gasteiger partial charge >= 0.3 is 5.97 Å². The molecular formula is C17H19ClN2O3S. The first-order valence-corrected chi connectivity index (χ1v) is 8.36. The van der Waals surface area contributed by atoms with Gasteiger partial charge < -0.3 is 19.4 Å². The zero-order valence-corrected chi connectivity index (χ0v) is 14.9. The summed E-state index contributed by atoms with van der Waals surface area (Å²) in [5, 5.41) is 4.23. The fraction of sp³-hybridized carbons (Fsp3) is 0.294. The number of thiocarbonyl (C=S) groups is 1. The van der Waals surface area contributed by atoms with Crippen LogP contribution in [-0.4, -0.2) is 29.1 Å². The van der Waals surface area contributed by atoms with E-state index < -0.39 is 0 Å². The van der Waals surface area contributed by atoms with Crippen LogP contribution in [-0.2, 0) is 16.1 Å². The van der Waals surface area contributed by atoms with Gasteiger partial charge in [0.05, 0.1) is 25.8 Å². The summed E-state index contributed by atoms with van der Waals surface area (Å²) in [7, 11) is 0. The normalized spacial score (nSPS) is 10.2. The molecule has 1 heterocycles. The first-order chi connectivity index (χ1) is 11.6. The SMILES string of the molecule is CCOC(=O)CCN(Cc1ccco1)C(=S)Nc1cccc(Cl)c1. The molecule has 0 bridgehead atoms. The third kappa shape index (κ3) is 5.86. The third-order valence-corrected chi connectivity index (χ3v) is 3.78. The lowest BCUT2D eigenvalue weighted by atomic mass is 10.3. The van der Waals surface area contributed by atoms with Crippen molar-refractivity contribution in [3.05, 3.63) is 53.4 Å². The Balaban J connectivity index is 2.02. The lowest BCUT2D eigenvalue weighted by Crippen LogP contribution is -2.36. The summed E-state index contributed by atoms with van der Waals surface area (Å²) in [6, 6.07) is 10.9. The molecule has 0 aliphatic heterocycles. The summed E-state index contributed by atoms with van der Waals surface area (Å²) in [5.74, 6) is 0.501. The second-order valence-electron chi connectivity index (χ2n) is 5.00.